The van der Waals surface area contributed by atoms with Crippen LogP contribution in [0.2, 0.25) is 0 Å². The number of rotatable bonds is 7. The van der Waals surface area contributed by atoms with Gasteiger partial charge in [-0.1, -0.05) is 47.6 Å². The summed E-state index contributed by atoms with van der Waals surface area (Å²) >= 11 is 1.57. The lowest BCUT2D eigenvalue weighted by Crippen LogP contribution is -2.16. The Morgan fingerprint density at radius 3 is 2.90 bits per heavy atom. The smallest absolute Gasteiger partial charge is 0.227 e. The number of nitrogens with zero attached hydrogens (tertiary/aromatic N) is 4. The molecule has 0 aliphatic heterocycles. The number of thiophene rings is 1. The number of anilines is 1. The lowest BCUT2D eigenvalue weighted by atomic mass is 10.0. The molecule has 0 spiro atoms. The number of carbonyl (C=O) groups is 1. The first-order valence-electron chi connectivity index (χ1n) is 9.90. The summed E-state index contributed by atoms with van der Waals surface area (Å²) < 4.78 is 7.06. The van der Waals surface area contributed by atoms with E-state index in [9.17, 15) is 4.79 Å². The maximum absolute atomic E-state index is 12.5. The summed E-state index contributed by atoms with van der Waals surface area (Å²) in [6.07, 6.45) is 2.30. The molecule has 1 N–H and O–H groups in total. The molecule has 0 unspecified atom stereocenters. The molecule has 5 rings (SSSR count). The maximum Gasteiger partial charge on any atom is 0.227 e. The monoisotopic (exact) mass is 429 g/mol. The van der Waals surface area contributed by atoms with Crippen LogP contribution in [0.5, 0.6) is 0 Å². The van der Waals surface area contributed by atoms with E-state index in [1.807, 2.05) is 35.0 Å². The minimum absolute atomic E-state index is 0.130. The molecule has 5 aromatic rings. The molecule has 0 fully saturated rings. The minimum Gasteiger partial charge on any atom is -0.339 e. The van der Waals surface area contributed by atoms with Gasteiger partial charge < -0.3 is 9.84 Å². The number of benzene rings is 2. The average molecular weight is 430 g/mol. The van der Waals surface area contributed by atoms with Crippen molar-refractivity contribution < 1.29 is 9.32 Å². The van der Waals surface area contributed by atoms with Gasteiger partial charge in [0.1, 0.15) is 5.82 Å². The van der Waals surface area contributed by atoms with Gasteiger partial charge in [-0.15, -0.1) is 0 Å². The van der Waals surface area contributed by atoms with Gasteiger partial charge in [-0.25, -0.2) is 4.68 Å². The highest BCUT2D eigenvalue weighted by molar-refractivity contribution is 7.08. The van der Waals surface area contributed by atoms with Crippen LogP contribution in [0.4, 0.5) is 5.82 Å². The van der Waals surface area contributed by atoms with Crippen molar-refractivity contribution in [2.24, 2.45) is 0 Å². The molecule has 3 heterocycles. The quantitative estimate of drug-likeness (QED) is 0.403. The number of aryl methyl sites for hydroxylation is 1. The van der Waals surface area contributed by atoms with E-state index < -0.39 is 0 Å². The number of hydrogen-bond donors (Lipinski definition) is 1. The number of aromatic nitrogens is 4. The van der Waals surface area contributed by atoms with E-state index in [1.54, 1.807) is 28.3 Å². The Balaban J connectivity index is 1.23. The maximum atomic E-state index is 12.5. The van der Waals surface area contributed by atoms with E-state index >= 15 is 0 Å². The van der Waals surface area contributed by atoms with Crippen LogP contribution >= 0.6 is 11.3 Å². The van der Waals surface area contributed by atoms with Gasteiger partial charge in [0.2, 0.25) is 17.6 Å². The van der Waals surface area contributed by atoms with Crippen LogP contribution in [0.15, 0.2) is 76.1 Å². The predicted octanol–water partition coefficient (Wildman–Crippen LogP) is 4.77. The third-order valence-electron chi connectivity index (χ3n) is 5.00. The van der Waals surface area contributed by atoms with Gasteiger partial charge in [0.15, 0.2) is 0 Å². The summed E-state index contributed by atoms with van der Waals surface area (Å²) in [5, 5.41) is 17.6. The lowest BCUT2D eigenvalue weighted by molar-refractivity contribution is -0.116. The number of fused-ring (bicyclic) bond motifs is 1. The summed E-state index contributed by atoms with van der Waals surface area (Å²) in [5.74, 6) is 1.52. The predicted molar refractivity (Wildman–Crippen MR) is 120 cm³/mol. The van der Waals surface area contributed by atoms with E-state index in [-0.39, 0.29) is 12.3 Å². The number of carbonyl (C=O) groups excluding carboxylic acids is 1. The summed E-state index contributed by atoms with van der Waals surface area (Å²) in [5.41, 5.74) is 2.06. The van der Waals surface area contributed by atoms with E-state index in [0.717, 1.165) is 11.1 Å². The lowest BCUT2D eigenvalue weighted by Gasteiger charge is -2.11. The molecule has 0 aliphatic carbocycles. The van der Waals surface area contributed by atoms with Crippen molar-refractivity contribution in [1.29, 1.82) is 0 Å². The Morgan fingerprint density at radius 2 is 2.00 bits per heavy atom. The molecule has 0 saturated heterocycles. The number of amides is 1. The van der Waals surface area contributed by atoms with Crippen LogP contribution in [0, 0.1) is 0 Å². The first-order chi connectivity index (χ1) is 15.3. The second-order valence-corrected chi connectivity index (χ2v) is 7.86. The topological polar surface area (TPSA) is 85.8 Å². The third-order valence-corrected chi connectivity index (χ3v) is 5.68. The van der Waals surface area contributed by atoms with Crippen LogP contribution in [0.3, 0.4) is 0 Å². The molecular weight excluding hydrogens is 410 g/mol. The average Bonchev–Trinajstić information content (AvgIpc) is 3.55. The van der Waals surface area contributed by atoms with E-state index in [2.05, 4.69) is 44.8 Å². The Labute approximate surface area is 182 Å². The van der Waals surface area contributed by atoms with Crippen molar-refractivity contribution in [2.75, 3.05) is 5.32 Å². The SMILES string of the molecule is O=C(CCc1nc(-c2ccsc2)no1)Nc1ccnn1Cc1cccc2ccccc12. The van der Waals surface area contributed by atoms with E-state index in [1.165, 1.54) is 10.8 Å². The van der Waals surface area contributed by atoms with Crippen molar-refractivity contribution >= 4 is 33.8 Å². The normalized spacial score (nSPS) is 11.1. The van der Waals surface area contributed by atoms with Gasteiger partial charge in [0, 0.05) is 29.9 Å². The highest BCUT2D eigenvalue weighted by Gasteiger charge is 2.13. The molecule has 0 saturated carbocycles. The fraction of sp³-hybridized carbons (Fsp3) is 0.130. The zero-order chi connectivity index (χ0) is 21.0. The van der Waals surface area contributed by atoms with Crippen molar-refractivity contribution in [1.82, 2.24) is 19.9 Å². The highest BCUT2D eigenvalue weighted by Crippen LogP contribution is 2.21. The molecule has 2 aromatic carbocycles. The molecule has 0 radical (unpaired) electrons. The van der Waals surface area contributed by atoms with E-state index in [4.69, 9.17) is 4.52 Å². The second-order valence-electron chi connectivity index (χ2n) is 7.08. The molecule has 0 atom stereocenters. The fourth-order valence-corrected chi connectivity index (χ4v) is 4.08. The molecule has 8 heteroatoms. The Hall–Kier alpha value is -3.78. The zero-order valence-electron chi connectivity index (χ0n) is 16.6. The van der Waals surface area contributed by atoms with Crippen molar-refractivity contribution in [3.05, 3.63) is 83.0 Å². The third kappa shape index (κ3) is 4.24. The molecule has 31 heavy (non-hydrogen) atoms. The van der Waals surface area contributed by atoms with Gasteiger partial charge in [0.05, 0.1) is 12.7 Å². The van der Waals surface area contributed by atoms with Crippen molar-refractivity contribution in [3.8, 4) is 11.4 Å². The molecule has 3 aromatic heterocycles. The molecule has 154 valence electrons. The van der Waals surface area contributed by atoms with Gasteiger partial charge >= 0.3 is 0 Å². The summed E-state index contributed by atoms with van der Waals surface area (Å²) in [6.45, 7) is 0.567. The highest BCUT2D eigenvalue weighted by atomic mass is 32.1. The molecular formula is C23H19N5O2S. The molecule has 1 amide bonds. The first-order valence-corrected chi connectivity index (χ1v) is 10.8. The summed E-state index contributed by atoms with van der Waals surface area (Å²) in [7, 11) is 0. The van der Waals surface area contributed by atoms with Crippen molar-refractivity contribution in [2.45, 2.75) is 19.4 Å². The van der Waals surface area contributed by atoms with Crippen LogP contribution in [0.1, 0.15) is 17.9 Å². The summed E-state index contributed by atoms with van der Waals surface area (Å²) in [6, 6.07) is 18.2. The van der Waals surface area contributed by atoms with Crippen LogP contribution < -0.4 is 5.32 Å². The number of nitrogens with one attached hydrogen (secondary N) is 1. The van der Waals surface area contributed by atoms with Gasteiger partial charge in [-0.05, 0) is 27.8 Å². The van der Waals surface area contributed by atoms with Crippen LogP contribution in [-0.2, 0) is 17.8 Å². The minimum atomic E-state index is -0.130. The largest absolute Gasteiger partial charge is 0.339 e. The van der Waals surface area contributed by atoms with Crippen LogP contribution in [-0.4, -0.2) is 25.8 Å². The van der Waals surface area contributed by atoms with Crippen molar-refractivity contribution in [3.63, 3.8) is 0 Å². The molecule has 7 nitrogen and oxygen atoms in total. The molecule has 0 bridgehead atoms. The second kappa shape index (κ2) is 8.53. The zero-order valence-corrected chi connectivity index (χ0v) is 17.4. The Kier molecular flexibility index (Phi) is 5.28. The summed E-state index contributed by atoms with van der Waals surface area (Å²) in [4.78, 5) is 16.9. The Morgan fingerprint density at radius 1 is 1.10 bits per heavy atom. The van der Waals surface area contributed by atoms with Gasteiger partial charge in [-0.3, -0.25) is 4.79 Å². The van der Waals surface area contributed by atoms with Crippen LogP contribution in [0.25, 0.3) is 22.2 Å². The fourth-order valence-electron chi connectivity index (χ4n) is 3.45. The van der Waals surface area contributed by atoms with Gasteiger partial charge in [-0.2, -0.15) is 21.4 Å². The van der Waals surface area contributed by atoms with E-state index in [0.29, 0.717) is 30.5 Å². The standard InChI is InChI=1S/C23H19N5O2S/c29-21(8-9-22-26-23(27-30-22)18-11-13-31-15-18)25-20-10-12-24-28(20)14-17-6-3-5-16-4-1-2-7-19(16)17/h1-7,10-13,15H,8-9,14H2,(H,25,29). The Bertz CT molecular complexity index is 1320. The van der Waals surface area contributed by atoms with Gasteiger partial charge in [0.25, 0.3) is 0 Å². The molecule has 0 aliphatic rings. The first kappa shape index (κ1) is 19.2. The number of hydrogen-bond acceptors (Lipinski definition) is 6.